The summed E-state index contributed by atoms with van der Waals surface area (Å²) in [6.07, 6.45) is 1.42. The van der Waals surface area contributed by atoms with E-state index in [0.717, 1.165) is 0 Å². The third-order valence-electron chi connectivity index (χ3n) is 3.42. The second kappa shape index (κ2) is 9.80. The highest BCUT2D eigenvalue weighted by Crippen LogP contribution is 2.23. The molecule has 0 heterocycles. The number of carbonyl (C=O) groups is 2. The predicted octanol–water partition coefficient (Wildman–Crippen LogP) is 2.89. The van der Waals surface area contributed by atoms with Crippen LogP contribution < -0.4 is 20.2 Å². The van der Waals surface area contributed by atoms with E-state index in [-0.39, 0.29) is 17.1 Å². The Hall–Kier alpha value is -2.77. The Morgan fingerprint density at radius 2 is 1.89 bits per heavy atom. The molecule has 0 unspecified atom stereocenters. The van der Waals surface area contributed by atoms with Crippen molar-refractivity contribution >= 4 is 41.2 Å². The van der Waals surface area contributed by atoms with Gasteiger partial charge in [0, 0.05) is 16.7 Å². The molecule has 0 bridgehead atoms. The highest BCUT2D eigenvalue weighted by Gasteiger charge is 2.11. The van der Waals surface area contributed by atoms with Gasteiger partial charge in [-0.3, -0.25) is 9.59 Å². The topological polar surface area (TPSA) is 89.0 Å². The average Bonchev–Trinajstić information content (AvgIpc) is 2.66. The molecule has 0 fully saturated rings. The lowest BCUT2D eigenvalue weighted by Gasteiger charge is -2.07. The zero-order valence-electron chi connectivity index (χ0n) is 14.6. The van der Waals surface area contributed by atoms with Crippen LogP contribution in [0.15, 0.2) is 41.5 Å². The summed E-state index contributed by atoms with van der Waals surface area (Å²) in [5.74, 6) is 0.180. The first-order valence-electron chi connectivity index (χ1n) is 7.71. The summed E-state index contributed by atoms with van der Waals surface area (Å²) in [4.78, 5) is 23.9. The molecule has 0 spiro atoms. The van der Waals surface area contributed by atoms with E-state index in [1.165, 1.54) is 31.5 Å². The Morgan fingerprint density at radius 1 is 1.11 bits per heavy atom. The number of carbonyl (C=O) groups excluding carboxylic acids is 2. The Labute approximate surface area is 166 Å². The van der Waals surface area contributed by atoms with Crippen molar-refractivity contribution in [2.45, 2.75) is 0 Å². The number of hydrogen-bond donors (Lipinski definition) is 2. The van der Waals surface area contributed by atoms with E-state index in [4.69, 9.17) is 32.7 Å². The Morgan fingerprint density at radius 3 is 2.56 bits per heavy atom. The largest absolute Gasteiger partial charge is 0.497 e. The van der Waals surface area contributed by atoms with Crippen LogP contribution >= 0.6 is 23.2 Å². The van der Waals surface area contributed by atoms with Crippen LogP contribution in [0.2, 0.25) is 10.0 Å². The standard InChI is InChI=1S/C18H17Cl2N3O4/c1-26-13-5-3-11(16(8-13)27-2)9-22-23-17(24)10-21-18(25)14-6-4-12(19)7-15(14)20/h3-9H,10H2,1-2H3,(H,21,25)(H,23,24)/b22-9-. The first-order chi connectivity index (χ1) is 12.9. The van der Waals surface area contributed by atoms with Crippen molar-refractivity contribution in [2.75, 3.05) is 20.8 Å². The third-order valence-corrected chi connectivity index (χ3v) is 3.97. The number of halogens is 2. The molecule has 2 N–H and O–H groups in total. The maximum atomic E-state index is 12.0. The summed E-state index contributed by atoms with van der Waals surface area (Å²) in [6, 6.07) is 9.63. The van der Waals surface area contributed by atoms with Gasteiger partial charge in [0.05, 0.1) is 37.6 Å². The zero-order chi connectivity index (χ0) is 19.8. The Kier molecular flexibility index (Phi) is 7.45. The molecule has 0 aromatic heterocycles. The molecule has 2 aromatic carbocycles. The van der Waals surface area contributed by atoms with Crippen LogP contribution in [-0.2, 0) is 4.79 Å². The molecule has 0 aliphatic heterocycles. The van der Waals surface area contributed by atoms with E-state index in [1.54, 1.807) is 25.3 Å². The van der Waals surface area contributed by atoms with Gasteiger partial charge in [0.1, 0.15) is 11.5 Å². The highest BCUT2D eigenvalue weighted by atomic mass is 35.5. The zero-order valence-corrected chi connectivity index (χ0v) is 16.1. The molecule has 0 aliphatic rings. The van der Waals surface area contributed by atoms with Gasteiger partial charge in [-0.25, -0.2) is 5.43 Å². The fraction of sp³-hybridized carbons (Fsp3) is 0.167. The molecule has 27 heavy (non-hydrogen) atoms. The van der Waals surface area contributed by atoms with Gasteiger partial charge in [0.25, 0.3) is 11.8 Å². The first kappa shape index (κ1) is 20.5. The number of hydrazone groups is 1. The lowest BCUT2D eigenvalue weighted by molar-refractivity contribution is -0.120. The van der Waals surface area contributed by atoms with Crippen molar-refractivity contribution in [3.8, 4) is 11.5 Å². The molecule has 0 radical (unpaired) electrons. The van der Waals surface area contributed by atoms with Gasteiger partial charge < -0.3 is 14.8 Å². The molecule has 2 aromatic rings. The lowest BCUT2D eigenvalue weighted by Crippen LogP contribution is -2.35. The van der Waals surface area contributed by atoms with Crippen molar-refractivity contribution in [3.63, 3.8) is 0 Å². The second-order valence-corrected chi connectivity index (χ2v) is 6.05. The van der Waals surface area contributed by atoms with E-state index >= 15 is 0 Å². The highest BCUT2D eigenvalue weighted by molar-refractivity contribution is 6.36. The maximum Gasteiger partial charge on any atom is 0.259 e. The summed E-state index contributed by atoms with van der Waals surface area (Å²) in [6.45, 7) is -0.269. The number of amides is 2. The molecular weight excluding hydrogens is 393 g/mol. The summed E-state index contributed by atoms with van der Waals surface area (Å²) in [7, 11) is 3.07. The van der Waals surface area contributed by atoms with Crippen molar-refractivity contribution in [1.82, 2.24) is 10.7 Å². The van der Waals surface area contributed by atoms with E-state index in [1.807, 2.05) is 0 Å². The molecular formula is C18H17Cl2N3O4. The van der Waals surface area contributed by atoms with Gasteiger partial charge >= 0.3 is 0 Å². The lowest BCUT2D eigenvalue weighted by atomic mass is 10.2. The molecule has 0 saturated heterocycles. The second-order valence-electron chi connectivity index (χ2n) is 5.21. The fourth-order valence-electron chi connectivity index (χ4n) is 2.07. The van der Waals surface area contributed by atoms with Crippen molar-refractivity contribution < 1.29 is 19.1 Å². The Balaban J connectivity index is 1.89. The summed E-state index contributed by atoms with van der Waals surface area (Å²) in [5, 5.41) is 6.91. The van der Waals surface area contributed by atoms with Crippen LogP contribution in [0.25, 0.3) is 0 Å². The van der Waals surface area contributed by atoms with Gasteiger partial charge in [-0.2, -0.15) is 5.10 Å². The van der Waals surface area contributed by atoms with E-state index in [0.29, 0.717) is 22.1 Å². The first-order valence-corrected chi connectivity index (χ1v) is 8.47. The molecule has 0 aliphatic carbocycles. The van der Waals surface area contributed by atoms with Crippen molar-refractivity contribution in [3.05, 3.63) is 57.6 Å². The van der Waals surface area contributed by atoms with Crippen LogP contribution in [0.5, 0.6) is 11.5 Å². The van der Waals surface area contributed by atoms with Crippen LogP contribution in [0, 0.1) is 0 Å². The molecule has 0 saturated carbocycles. The fourth-order valence-corrected chi connectivity index (χ4v) is 2.56. The molecule has 0 atom stereocenters. The van der Waals surface area contributed by atoms with Gasteiger partial charge in [-0.15, -0.1) is 0 Å². The quantitative estimate of drug-likeness (QED) is 0.543. The summed E-state index contributed by atoms with van der Waals surface area (Å²) < 4.78 is 10.3. The summed E-state index contributed by atoms with van der Waals surface area (Å²) in [5.41, 5.74) is 3.19. The normalized spacial score (nSPS) is 10.5. The van der Waals surface area contributed by atoms with E-state index in [9.17, 15) is 9.59 Å². The van der Waals surface area contributed by atoms with Crippen LogP contribution in [0.1, 0.15) is 15.9 Å². The number of nitrogens with zero attached hydrogens (tertiary/aromatic N) is 1. The number of hydrogen-bond acceptors (Lipinski definition) is 5. The van der Waals surface area contributed by atoms with Crippen molar-refractivity contribution in [1.29, 1.82) is 0 Å². The molecule has 2 amide bonds. The minimum atomic E-state index is -0.503. The van der Waals surface area contributed by atoms with E-state index in [2.05, 4.69) is 15.8 Å². The summed E-state index contributed by atoms with van der Waals surface area (Å²) >= 11 is 11.7. The van der Waals surface area contributed by atoms with Gasteiger partial charge in [-0.1, -0.05) is 23.2 Å². The average molecular weight is 410 g/mol. The molecule has 7 nitrogen and oxygen atoms in total. The molecule has 2 rings (SSSR count). The van der Waals surface area contributed by atoms with Crippen LogP contribution in [0.4, 0.5) is 0 Å². The maximum absolute atomic E-state index is 12.0. The molecule has 142 valence electrons. The number of nitrogens with one attached hydrogen (secondary N) is 2. The number of rotatable bonds is 7. The SMILES string of the molecule is COc1ccc(/C=N\NC(=O)CNC(=O)c2ccc(Cl)cc2Cl)c(OC)c1. The Bertz CT molecular complexity index is 872. The third kappa shape index (κ3) is 5.87. The number of benzene rings is 2. The van der Waals surface area contributed by atoms with Gasteiger partial charge in [0.2, 0.25) is 0 Å². The monoisotopic (exact) mass is 409 g/mol. The van der Waals surface area contributed by atoms with Gasteiger partial charge in [0.15, 0.2) is 0 Å². The van der Waals surface area contributed by atoms with E-state index < -0.39 is 11.8 Å². The van der Waals surface area contributed by atoms with Crippen molar-refractivity contribution in [2.24, 2.45) is 5.10 Å². The number of methoxy groups -OCH3 is 2. The number of ether oxygens (including phenoxy) is 2. The predicted molar refractivity (Wildman–Crippen MR) is 104 cm³/mol. The van der Waals surface area contributed by atoms with Gasteiger partial charge in [-0.05, 0) is 30.3 Å². The minimum Gasteiger partial charge on any atom is -0.497 e. The minimum absolute atomic E-state index is 0.199. The van der Waals surface area contributed by atoms with Crippen LogP contribution in [0.3, 0.4) is 0 Å². The van der Waals surface area contributed by atoms with Crippen LogP contribution in [-0.4, -0.2) is 38.8 Å². The smallest absolute Gasteiger partial charge is 0.259 e. The molecule has 9 heteroatoms.